The highest BCUT2D eigenvalue weighted by molar-refractivity contribution is 7.46. The van der Waals surface area contributed by atoms with Crippen molar-refractivity contribution < 1.29 is 42.7 Å². The van der Waals surface area contributed by atoms with E-state index in [1.165, 1.54) is 18.1 Å². The Balaban J connectivity index is 3.01. The second-order valence-corrected chi connectivity index (χ2v) is 6.61. The van der Waals surface area contributed by atoms with Crippen LogP contribution < -0.4 is 4.90 Å². The maximum absolute atomic E-state index is 12.2. The SMILES string of the molecule is CCC(=O)N(C)c1ncccc1CN(CC(=O)OC)C(=O)OCOP(=O)(O)O. The molecule has 0 aliphatic carbocycles. The first-order chi connectivity index (χ1) is 13.1. The number of phosphoric ester groups is 1. The van der Waals surface area contributed by atoms with Crippen LogP contribution in [0.1, 0.15) is 18.9 Å². The summed E-state index contributed by atoms with van der Waals surface area (Å²) in [4.78, 5) is 59.4. The number of methoxy groups -OCH3 is 1. The molecule has 13 heteroatoms. The summed E-state index contributed by atoms with van der Waals surface area (Å²) >= 11 is 0. The summed E-state index contributed by atoms with van der Waals surface area (Å²) in [7, 11) is -2.18. The molecule has 28 heavy (non-hydrogen) atoms. The predicted molar refractivity (Wildman–Crippen MR) is 94.8 cm³/mol. The van der Waals surface area contributed by atoms with Crippen LogP contribution in [-0.2, 0) is 34.7 Å². The van der Waals surface area contributed by atoms with Crippen molar-refractivity contribution in [1.29, 1.82) is 0 Å². The topological polar surface area (TPSA) is 156 Å². The Morgan fingerprint density at radius 2 is 1.96 bits per heavy atom. The minimum absolute atomic E-state index is 0.186. The number of hydrogen-bond donors (Lipinski definition) is 2. The van der Waals surface area contributed by atoms with Gasteiger partial charge in [-0.25, -0.2) is 18.9 Å². The second-order valence-electron chi connectivity index (χ2n) is 5.37. The quantitative estimate of drug-likeness (QED) is 0.331. The average Bonchev–Trinajstić information content (AvgIpc) is 2.65. The average molecular weight is 419 g/mol. The van der Waals surface area contributed by atoms with E-state index < -0.39 is 33.2 Å². The van der Waals surface area contributed by atoms with E-state index in [9.17, 15) is 18.9 Å². The molecule has 0 radical (unpaired) electrons. The molecule has 0 aliphatic rings. The first kappa shape index (κ1) is 23.5. The molecule has 1 heterocycles. The number of anilines is 1. The monoisotopic (exact) mass is 419 g/mol. The number of carbonyl (C=O) groups excluding carboxylic acids is 3. The predicted octanol–water partition coefficient (Wildman–Crippen LogP) is 0.633. The van der Waals surface area contributed by atoms with Crippen LogP contribution in [0.3, 0.4) is 0 Å². The van der Waals surface area contributed by atoms with Crippen molar-refractivity contribution in [2.45, 2.75) is 19.9 Å². The van der Waals surface area contributed by atoms with Crippen molar-refractivity contribution in [3.05, 3.63) is 23.9 Å². The standard InChI is InChI=1S/C15H22N3O9P/c1-4-12(19)17(2)14-11(6-5-7-16-14)8-18(9-13(20)25-3)15(21)26-10-27-28(22,23)24/h5-7H,4,8-10H2,1-3H3,(H2,22,23,24). The number of nitrogens with zero attached hydrogens (tertiary/aromatic N) is 3. The molecule has 0 aliphatic heterocycles. The number of carbonyl (C=O) groups is 3. The van der Waals surface area contributed by atoms with Crippen molar-refractivity contribution in [2.75, 3.05) is 32.4 Å². The van der Waals surface area contributed by atoms with Gasteiger partial charge in [-0.05, 0) is 6.07 Å². The summed E-state index contributed by atoms with van der Waals surface area (Å²) in [5, 5.41) is 0. The minimum atomic E-state index is -4.83. The third-order valence-corrected chi connectivity index (χ3v) is 3.87. The second kappa shape index (κ2) is 10.7. The van der Waals surface area contributed by atoms with Crippen LogP contribution in [0.4, 0.5) is 10.6 Å². The Labute approximate surface area is 161 Å². The maximum atomic E-state index is 12.2. The number of esters is 1. The van der Waals surface area contributed by atoms with Gasteiger partial charge in [0.25, 0.3) is 0 Å². The lowest BCUT2D eigenvalue weighted by atomic mass is 10.2. The highest BCUT2D eigenvalue weighted by Crippen LogP contribution is 2.35. The summed E-state index contributed by atoms with van der Waals surface area (Å²) in [6.07, 6.45) is 0.619. The fourth-order valence-electron chi connectivity index (χ4n) is 2.06. The van der Waals surface area contributed by atoms with E-state index in [4.69, 9.17) is 9.79 Å². The lowest BCUT2D eigenvalue weighted by Crippen LogP contribution is -2.37. The largest absolute Gasteiger partial charge is 0.472 e. The van der Waals surface area contributed by atoms with Gasteiger partial charge < -0.3 is 19.3 Å². The lowest BCUT2D eigenvalue weighted by Gasteiger charge is -2.24. The molecule has 1 aromatic heterocycles. The van der Waals surface area contributed by atoms with Crippen molar-refractivity contribution in [3.8, 4) is 0 Å². The molecular formula is C15H22N3O9P. The molecular weight excluding hydrogens is 397 g/mol. The van der Waals surface area contributed by atoms with Gasteiger partial charge in [-0.3, -0.25) is 19.4 Å². The molecule has 2 amide bonds. The Kier molecular flexibility index (Phi) is 9.00. The zero-order valence-electron chi connectivity index (χ0n) is 15.6. The molecule has 156 valence electrons. The molecule has 0 saturated carbocycles. The van der Waals surface area contributed by atoms with Gasteiger partial charge in [0.2, 0.25) is 12.7 Å². The molecule has 0 saturated heterocycles. The van der Waals surface area contributed by atoms with Gasteiger partial charge in [0.05, 0.1) is 13.7 Å². The van der Waals surface area contributed by atoms with Gasteiger partial charge in [-0.15, -0.1) is 0 Å². The fourth-order valence-corrected chi connectivity index (χ4v) is 2.25. The van der Waals surface area contributed by atoms with Gasteiger partial charge in [-0.2, -0.15) is 0 Å². The molecule has 2 N–H and O–H groups in total. The maximum Gasteiger partial charge on any atom is 0.472 e. The highest BCUT2D eigenvalue weighted by Gasteiger charge is 2.24. The van der Waals surface area contributed by atoms with Gasteiger partial charge in [0, 0.05) is 25.2 Å². The summed E-state index contributed by atoms with van der Waals surface area (Å²) in [5.74, 6) is -0.683. The summed E-state index contributed by atoms with van der Waals surface area (Å²) < 4.78 is 23.9. The van der Waals surface area contributed by atoms with Gasteiger partial charge in [0.15, 0.2) is 0 Å². The number of amides is 2. The zero-order valence-corrected chi connectivity index (χ0v) is 16.5. The van der Waals surface area contributed by atoms with Crippen LogP contribution in [0.25, 0.3) is 0 Å². The molecule has 1 aromatic rings. The van der Waals surface area contributed by atoms with E-state index in [1.54, 1.807) is 19.1 Å². The van der Waals surface area contributed by atoms with Crippen LogP contribution in [0.2, 0.25) is 0 Å². The number of aromatic nitrogens is 1. The first-order valence-electron chi connectivity index (χ1n) is 7.98. The van der Waals surface area contributed by atoms with Gasteiger partial charge in [-0.1, -0.05) is 13.0 Å². The molecule has 0 bridgehead atoms. The van der Waals surface area contributed by atoms with Gasteiger partial charge in [0.1, 0.15) is 12.4 Å². The summed E-state index contributed by atoms with van der Waals surface area (Å²) in [6, 6.07) is 3.19. The first-order valence-corrected chi connectivity index (χ1v) is 9.51. The summed E-state index contributed by atoms with van der Waals surface area (Å²) in [6.45, 7) is -0.0301. The molecule has 1 rings (SSSR count). The number of ether oxygens (including phenoxy) is 2. The van der Waals surface area contributed by atoms with Crippen LogP contribution in [0.5, 0.6) is 0 Å². The minimum Gasteiger partial charge on any atom is -0.468 e. The Morgan fingerprint density at radius 3 is 2.54 bits per heavy atom. The van der Waals surface area contributed by atoms with E-state index in [1.807, 2.05) is 0 Å². The Bertz CT molecular complexity index is 752. The fraction of sp³-hybridized carbons (Fsp3) is 0.467. The van der Waals surface area contributed by atoms with Crippen LogP contribution >= 0.6 is 7.82 Å². The number of phosphoric acid groups is 1. The third kappa shape index (κ3) is 7.61. The molecule has 0 atom stereocenters. The Hall–Kier alpha value is -2.53. The van der Waals surface area contributed by atoms with Crippen molar-refractivity contribution in [3.63, 3.8) is 0 Å². The van der Waals surface area contributed by atoms with Crippen LogP contribution in [0.15, 0.2) is 18.3 Å². The number of rotatable bonds is 9. The summed E-state index contributed by atoms with van der Waals surface area (Å²) in [5.41, 5.74) is 0.434. The smallest absolute Gasteiger partial charge is 0.468 e. The van der Waals surface area contributed by atoms with E-state index >= 15 is 0 Å². The molecule has 0 spiro atoms. The number of hydrogen-bond acceptors (Lipinski definition) is 8. The molecule has 0 aromatic carbocycles. The van der Waals surface area contributed by atoms with E-state index in [0.29, 0.717) is 5.56 Å². The number of pyridine rings is 1. The van der Waals surface area contributed by atoms with Crippen molar-refractivity contribution in [1.82, 2.24) is 9.88 Å². The van der Waals surface area contributed by atoms with E-state index in [0.717, 1.165) is 12.0 Å². The molecule has 0 unspecified atom stereocenters. The zero-order chi connectivity index (χ0) is 21.3. The normalized spacial score (nSPS) is 10.9. The Morgan fingerprint density at radius 1 is 1.29 bits per heavy atom. The molecule has 12 nitrogen and oxygen atoms in total. The van der Waals surface area contributed by atoms with Gasteiger partial charge >= 0.3 is 19.9 Å². The van der Waals surface area contributed by atoms with Crippen LogP contribution in [0, 0.1) is 0 Å². The molecule has 0 fully saturated rings. The van der Waals surface area contributed by atoms with Crippen molar-refractivity contribution >= 4 is 31.6 Å². The lowest BCUT2D eigenvalue weighted by molar-refractivity contribution is -0.141. The highest BCUT2D eigenvalue weighted by atomic mass is 31.2. The van der Waals surface area contributed by atoms with Crippen molar-refractivity contribution in [2.24, 2.45) is 0 Å². The van der Waals surface area contributed by atoms with E-state index in [2.05, 4.69) is 19.0 Å². The van der Waals surface area contributed by atoms with Crippen LogP contribution in [-0.4, -0.2) is 65.1 Å². The third-order valence-electron chi connectivity index (χ3n) is 3.43. The van der Waals surface area contributed by atoms with E-state index in [-0.39, 0.29) is 24.7 Å².